The summed E-state index contributed by atoms with van der Waals surface area (Å²) in [4.78, 5) is 19.8. The average Bonchev–Trinajstić information content (AvgIpc) is 1.58. The van der Waals surface area contributed by atoms with Crippen LogP contribution in [0.15, 0.2) is 0 Å². The van der Waals surface area contributed by atoms with E-state index in [4.69, 9.17) is 166 Å². The van der Waals surface area contributed by atoms with Crippen LogP contribution < -0.4 is 0 Å². The molecule has 43 N–H and O–H groups in total. The number of carbonyl (C=O) groups excluding carboxylic acids is 2. The molecule has 1 aliphatic carbocycles. The molecule has 0 bridgehead atoms. The maximum absolute atomic E-state index is 10.3. The van der Waals surface area contributed by atoms with Crippen molar-refractivity contribution < 1.29 is 277 Å². The summed E-state index contributed by atoms with van der Waals surface area (Å²) in [7, 11) is 0. The number of rotatable bonds is 24. The van der Waals surface area contributed by atoms with Gasteiger partial charge in [0.2, 0.25) is 17.4 Å². The molecule has 0 aromatic carbocycles. The summed E-state index contributed by atoms with van der Waals surface area (Å²) >= 11 is 0. The Labute approximate surface area is 642 Å². The number of aldehydes is 2. The van der Waals surface area contributed by atoms with Crippen molar-refractivity contribution in [2.45, 2.75) is 281 Å². The van der Waals surface area contributed by atoms with Crippen LogP contribution in [0.4, 0.5) is 0 Å². The van der Waals surface area contributed by atoms with Gasteiger partial charge in [-0.2, -0.15) is 0 Å². The zero-order valence-electron chi connectivity index (χ0n) is 59.8. The molecule has 0 aromatic rings. The van der Waals surface area contributed by atoms with Gasteiger partial charge in [-0.1, -0.05) is 0 Å². The molecule has 7 aliphatic heterocycles. The lowest BCUT2D eigenvalue weighted by atomic mass is 9.85. The highest BCUT2D eigenvalue weighted by Gasteiger charge is 2.61. The Kier molecular flexibility index (Phi) is 45.9. The van der Waals surface area contributed by atoms with Crippen molar-refractivity contribution >= 4 is 12.6 Å². The topological polar surface area (TPSA) is 996 Å². The minimum absolute atomic E-state index is 0.0258. The predicted molar refractivity (Wildman–Crippen MR) is 345 cm³/mol. The van der Waals surface area contributed by atoms with E-state index in [1.54, 1.807) is 0 Å². The highest BCUT2D eigenvalue weighted by molar-refractivity contribution is 5.57. The van der Waals surface area contributed by atoms with Crippen LogP contribution in [0.1, 0.15) is 6.92 Å². The maximum Gasteiger partial charge on any atom is 0.224 e. The van der Waals surface area contributed by atoms with Crippen LogP contribution in [-0.4, -0.2) is 579 Å². The zero-order chi connectivity index (χ0) is 88.0. The molecule has 0 spiro atoms. The van der Waals surface area contributed by atoms with Gasteiger partial charge in [-0.05, 0) is 6.92 Å². The largest absolute Gasteiger partial charge is 0.394 e. The second-order valence-corrected chi connectivity index (χ2v) is 26.7. The Morgan fingerprint density at radius 1 is 0.351 bits per heavy atom. The highest BCUT2D eigenvalue weighted by Crippen LogP contribution is 2.39. The van der Waals surface area contributed by atoms with Crippen molar-refractivity contribution in [2.24, 2.45) is 0 Å². The Bertz CT molecular complexity index is 2560. The third-order valence-corrected chi connectivity index (χ3v) is 18.5. The van der Waals surface area contributed by atoms with Gasteiger partial charge in [0.15, 0.2) is 37.7 Å². The quantitative estimate of drug-likeness (QED) is 0.0399. The van der Waals surface area contributed by atoms with Crippen LogP contribution in [0, 0.1) is 0 Å². The molecule has 0 radical (unpaired) electrons. The molecular formula is C59H112O55. The number of aliphatic hydroxyl groups is 43. The number of ether oxygens (including phenoxy) is 10. The lowest BCUT2D eigenvalue weighted by Crippen LogP contribution is -2.63. The fourth-order valence-corrected chi connectivity index (χ4v) is 11.0. The normalized spacial score (nSPS) is 45.4. The van der Waals surface area contributed by atoms with Crippen molar-refractivity contribution in [1.82, 2.24) is 0 Å². The molecule has 55 heteroatoms. The second-order valence-electron chi connectivity index (χ2n) is 26.7. The van der Waals surface area contributed by atoms with E-state index >= 15 is 0 Å². The van der Waals surface area contributed by atoms with Crippen LogP contribution in [0.5, 0.6) is 0 Å². The molecule has 1 unspecified atom stereocenters. The van der Waals surface area contributed by atoms with Crippen molar-refractivity contribution in [3.63, 3.8) is 0 Å². The van der Waals surface area contributed by atoms with Gasteiger partial charge in [0.25, 0.3) is 0 Å². The summed E-state index contributed by atoms with van der Waals surface area (Å²) in [6.07, 6.45) is -66.3. The Hall–Kier alpha value is -2.78. The van der Waals surface area contributed by atoms with Gasteiger partial charge in [0.1, 0.15) is 239 Å². The molecule has 8 aliphatic rings. The van der Waals surface area contributed by atoms with Crippen LogP contribution in [0.2, 0.25) is 0 Å². The van der Waals surface area contributed by atoms with E-state index < -0.39 is 341 Å². The smallest absolute Gasteiger partial charge is 0.224 e. The fraction of sp³-hybridized carbons (Fsp3) is 0.966. The van der Waals surface area contributed by atoms with E-state index in [2.05, 4.69) is 9.47 Å². The summed E-state index contributed by atoms with van der Waals surface area (Å²) in [5.74, 6) is -6.74. The van der Waals surface area contributed by atoms with Crippen LogP contribution in [0.3, 0.4) is 0 Å². The van der Waals surface area contributed by atoms with Crippen molar-refractivity contribution in [1.29, 1.82) is 0 Å². The molecule has 114 heavy (non-hydrogen) atoms. The average molecular weight is 1700 g/mol. The first-order valence-electron chi connectivity index (χ1n) is 34.2. The Balaban J connectivity index is 0.000000479. The van der Waals surface area contributed by atoms with Gasteiger partial charge < -0.3 is 277 Å². The van der Waals surface area contributed by atoms with E-state index in [0.717, 1.165) is 0 Å². The van der Waals surface area contributed by atoms with E-state index in [1.807, 2.05) is 0 Å². The van der Waals surface area contributed by atoms with Crippen LogP contribution in [0.25, 0.3) is 0 Å². The van der Waals surface area contributed by atoms with Crippen LogP contribution in [-0.2, 0) is 57.0 Å². The number of hydrogen-bond donors (Lipinski definition) is 43. The molecule has 678 valence electrons. The molecule has 0 aromatic heterocycles. The van der Waals surface area contributed by atoms with E-state index in [9.17, 15) is 102 Å². The van der Waals surface area contributed by atoms with E-state index in [1.165, 1.54) is 6.92 Å². The number of carbonyl (C=O) groups is 2. The third kappa shape index (κ3) is 26.6. The van der Waals surface area contributed by atoms with Gasteiger partial charge in [-0.25, -0.2) is 0 Å². The Morgan fingerprint density at radius 3 is 0.965 bits per heavy atom. The first-order valence-corrected chi connectivity index (χ1v) is 34.2. The predicted octanol–water partition coefficient (Wildman–Crippen LogP) is -28.3. The molecule has 55 nitrogen and oxygen atoms in total. The van der Waals surface area contributed by atoms with Crippen molar-refractivity contribution in [3.8, 4) is 0 Å². The van der Waals surface area contributed by atoms with E-state index in [0.29, 0.717) is 0 Å². The second kappa shape index (κ2) is 48.8. The zero-order valence-corrected chi connectivity index (χ0v) is 59.8. The van der Waals surface area contributed by atoms with Gasteiger partial charge in [-0.15, -0.1) is 0 Å². The Morgan fingerprint density at radius 2 is 0.667 bits per heavy atom. The minimum Gasteiger partial charge on any atom is -0.394 e. The van der Waals surface area contributed by atoms with Gasteiger partial charge in [0.05, 0.1) is 65.6 Å². The van der Waals surface area contributed by atoms with E-state index in [-0.39, 0.29) is 19.2 Å². The molecule has 39 atom stereocenters. The first-order chi connectivity index (χ1) is 53.0. The summed E-state index contributed by atoms with van der Waals surface area (Å²) in [5, 5.41) is 398. The summed E-state index contributed by atoms with van der Waals surface area (Å²) in [6.45, 7) is -6.49. The lowest BCUT2D eigenvalue weighted by molar-refractivity contribution is -0.388. The number of hydrogen-bond acceptors (Lipinski definition) is 55. The molecule has 7 saturated heterocycles. The standard InChI is InChI=1S/C18H32O16.C12H22O11.3C6H12O6.C6H12O5.C5H10O5/c19-1-5-8(22)11(25)13(27)16(31-5)30-3-7-9(23)12(26)14(28)17(32-7)34-18(4-21)15(29)10(24)6(2-20)33-18;13-1-4-6(16)8(18)9(19)11(21-4)23-12(3-15)10(20)7(17)5(2-14)22-12;7-1-3-4(9)5(10)6(11,2-8)12-3;7-1-2(8)4(10)6(12)5(11)3(1)9;7-1-3(9)5(11)6(12)4(10)2-8;1-3(8)5(10)6(11)4(9)2-7;6-2-1-10-5(9)4(8)3(2)7/h5-17,19-29H,1-4H2;4-11,13-20H,1-3H2;3-5,7-11H,1-2H2;1-12H;1,3-6,8-12H,2H2;2-6,8-11H,1H3;2-9H,1H2/t5-,6-,7-,8+,9-,10-,11+,12+,13-,14-,15+,16+,17-,18+;4-,5-,6-,7-,8+,9-,10+,11-,12+;3-,4-,5+,6-;;3-,4+,5+,6+;3-,4-,5-,6-;2-,3+,4-,5?/m111.001/s1. The molecule has 7 heterocycles. The van der Waals surface area contributed by atoms with Crippen LogP contribution >= 0.6 is 0 Å². The summed E-state index contributed by atoms with van der Waals surface area (Å²) < 4.78 is 51.0. The minimum atomic E-state index is -2.36. The third-order valence-electron chi connectivity index (χ3n) is 18.5. The fourth-order valence-electron chi connectivity index (χ4n) is 11.0. The first kappa shape index (κ1) is 107. The summed E-state index contributed by atoms with van der Waals surface area (Å²) in [6, 6.07) is 0. The molecular weight excluding hydrogens is 1590 g/mol. The monoisotopic (exact) mass is 1700 g/mol. The number of aliphatic hydroxyl groups excluding tert-OH is 42. The molecule has 0 amide bonds. The van der Waals surface area contributed by atoms with Gasteiger partial charge in [0, 0.05) is 0 Å². The van der Waals surface area contributed by atoms with Crippen molar-refractivity contribution in [3.05, 3.63) is 0 Å². The maximum atomic E-state index is 10.3. The molecule has 8 fully saturated rings. The van der Waals surface area contributed by atoms with Gasteiger partial charge >= 0.3 is 0 Å². The van der Waals surface area contributed by atoms with Crippen molar-refractivity contribution in [2.75, 3.05) is 72.7 Å². The molecule has 1 saturated carbocycles. The van der Waals surface area contributed by atoms with Gasteiger partial charge in [-0.3, -0.25) is 0 Å². The SMILES string of the molecule is C[C@H](O)[C@H](O)[C@@H](O)[C@@H](O)C=O.O=C[C@H](O)[C@@H](O)[C@H](O)[C@H](O)CO.OC1C(O)C(O)C(O)C(O)C1O.OC1OC[C@@H](O)[C@H](O)[C@H]1O.OC[C@H]1O[C@@](CO)(O[C@H]2O[C@H](CO)[C@@H](O)[C@H](O)[C@H]2O)[C@@H](O)[C@@H]1O.OC[C@H]1O[C@H](OC[C@H]2O[C@H](O[C@]3(CO)O[C@H](CO)[C@@H](O)[C@@H]3O)[C@H](O)[C@@H](O)[C@@H]2O)[C@H](O)[C@@H](O)[C@H]1O.OC[C@H]1O[C@](O)(CO)[C@@H](O)[C@@H]1O. The highest BCUT2D eigenvalue weighted by atomic mass is 16.8. The summed E-state index contributed by atoms with van der Waals surface area (Å²) in [5.41, 5.74) is 0. The molecule has 8 rings (SSSR count). The lowest BCUT2D eigenvalue weighted by Gasteiger charge is -2.44.